The molecule has 0 aliphatic carbocycles. The van der Waals surface area contributed by atoms with Gasteiger partial charge in [-0.1, -0.05) is 169 Å². The van der Waals surface area contributed by atoms with Gasteiger partial charge >= 0.3 is 11.9 Å². The maximum absolute atomic E-state index is 12.5. The molecule has 0 saturated heterocycles. The molecule has 0 aliphatic heterocycles. The van der Waals surface area contributed by atoms with Crippen molar-refractivity contribution >= 4 is 11.9 Å². The van der Waals surface area contributed by atoms with Crippen molar-refractivity contribution in [2.75, 3.05) is 79.9 Å². The lowest BCUT2D eigenvalue weighted by Crippen LogP contribution is -2.30. The zero-order chi connectivity index (χ0) is 44.0. The number of carbonyl (C=O) groups is 2. The Balaban J connectivity index is 4.49. The molecule has 0 atom stereocenters. The van der Waals surface area contributed by atoms with Crippen molar-refractivity contribution < 1.29 is 28.5 Å². The van der Waals surface area contributed by atoms with Crippen LogP contribution in [-0.4, -0.2) is 102 Å². The van der Waals surface area contributed by atoms with Crippen molar-refractivity contribution in [3.63, 3.8) is 0 Å². The highest BCUT2D eigenvalue weighted by molar-refractivity contribution is 5.69. The van der Waals surface area contributed by atoms with Gasteiger partial charge in [0, 0.05) is 25.9 Å². The molecule has 0 aliphatic rings. The summed E-state index contributed by atoms with van der Waals surface area (Å²) >= 11 is 0. The van der Waals surface area contributed by atoms with Crippen LogP contribution < -0.4 is 0 Å². The molecule has 0 spiro atoms. The van der Waals surface area contributed by atoms with Gasteiger partial charge in [0.2, 0.25) is 0 Å². The summed E-state index contributed by atoms with van der Waals surface area (Å²) < 4.78 is 23.0. The lowest BCUT2D eigenvalue weighted by molar-refractivity contribution is -0.144. The largest absolute Gasteiger partial charge is 0.466 e. The molecule has 0 aromatic rings. The van der Waals surface area contributed by atoms with Gasteiger partial charge in [-0.3, -0.25) is 9.59 Å². The van der Waals surface area contributed by atoms with E-state index in [1.807, 2.05) is 0 Å². The molecule has 0 aromatic carbocycles. The van der Waals surface area contributed by atoms with Crippen molar-refractivity contribution in [2.45, 2.75) is 233 Å². The number of likely N-dealkylation sites (N-methyl/N-ethyl adjacent to an activating group) is 1. The third kappa shape index (κ3) is 43.4. The van der Waals surface area contributed by atoms with Crippen LogP contribution in [0.5, 0.6) is 0 Å². The summed E-state index contributed by atoms with van der Waals surface area (Å²) in [6.45, 7) is 16.7. The number of unbranched alkanes of at least 4 members (excludes halogenated alkanes) is 16. The molecule has 0 radical (unpaired) electrons. The van der Waals surface area contributed by atoms with Crippen molar-refractivity contribution in [1.29, 1.82) is 0 Å². The number of nitrogens with zero attached hydrogens (tertiary/aromatic N) is 2. The smallest absolute Gasteiger partial charge is 0.305 e. The van der Waals surface area contributed by atoms with Gasteiger partial charge in [-0.05, 0) is 90.4 Å². The van der Waals surface area contributed by atoms with Gasteiger partial charge in [-0.2, -0.15) is 0 Å². The van der Waals surface area contributed by atoms with E-state index in [1.54, 1.807) is 0 Å². The fourth-order valence-electron chi connectivity index (χ4n) is 8.23. The first kappa shape index (κ1) is 58.8. The molecule has 0 unspecified atom stereocenters. The minimum Gasteiger partial charge on any atom is -0.466 e. The van der Waals surface area contributed by atoms with Crippen LogP contribution in [0.3, 0.4) is 0 Å². The lowest BCUT2D eigenvalue weighted by Gasteiger charge is -2.22. The second-order valence-corrected chi connectivity index (χ2v) is 18.3. The van der Waals surface area contributed by atoms with Crippen LogP contribution in [-0.2, 0) is 28.5 Å². The first-order valence-corrected chi connectivity index (χ1v) is 26.2. The molecule has 0 rings (SSSR count). The van der Waals surface area contributed by atoms with Crippen LogP contribution in [0.4, 0.5) is 0 Å². The topological polar surface area (TPSA) is 77.5 Å². The maximum atomic E-state index is 12.5. The number of hydrogen-bond acceptors (Lipinski definition) is 8. The van der Waals surface area contributed by atoms with Gasteiger partial charge in [0.1, 0.15) is 0 Å². The molecule has 0 bridgehead atoms. The zero-order valence-corrected chi connectivity index (χ0v) is 41.2. The van der Waals surface area contributed by atoms with Gasteiger partial charge in [-0.15, -0.1) is 0 Å². The third-order valence-electron chi connectivity index (χ3n) is 12.2. The second-order valence-electron chi connectivity index (χ2n) is 18.3. The number of hydrogen-bond donors (Lipinski definition) is 0. The van der Waals surface area contributed by atoms with E-state index < -0.39 is 0 Å². The fraction of sp³-hybridized carbons (Fsp3) is 0.962. The van der Waals surface area contributed by atoms with Gasteiger partial charge in [0.15, 0.2) is 0 Å². The van der Waals surface area contributed by atoms with Crippen molar-refractivity contribution in [3.8, 4) is 0 Å². The Morgan fingerprint density at radius 1 is 0.367 bits per heavy atom. The number of carbonyl (C=O) groups excluding carboxylic acids is 2. The van der Waals surface area contributed by atoms with E-state index >= 15 is 0 Å². The van der Waals surface area contributed by atoms with E-state index in [-0.39, 0.29) is 11.9 Å². The molecule has 8 heteroatoms. The summed E-state index contributed by atoms with van der Waals surface area (Å²) in [5, 5.41) is 0. The summed E-state index contributed by atoms with van der Waals surface area (Å²) in [5.41, 5.74) is 0. The van der Waals surface area contributed by atoms with Crippen molar-refractivity contribution in [1.82, 2.24) is 9.80 Å². The van der Waals surface area contributed by atoms with Crippen LogP contribution in [0.25, 0.3) is 0 Å². The monoisotopic (exact) mass is 853 g/mol. The third-order valence-corrected chi connectivity index (χ3v) is 12.2. The molecular weight excluding hydrogens is 749 g/mol. The quantitative estimate of drug-likeness (QED) is 0.0442. The summed E-state index contributed by atoms with van der Waals surface area (Å²) in [4.78, 5) is 29.7. The SMILES string of the molecule is CCCCCCC(CCCCCC)CCCOC(=O)CCCCCN(CCCCCC(=O)OCCCC(CCCCCC)CCCCCC)CCOCCOCCN(C)C. The molecule has 0 heterocycles. The Morgan fingerprint density at radius 2 is 0.717 bits per heavy atom. The molecular formula is C52H104N2O6. The number of rotatable bonds is 49. The van der Waals surface area contributed by atoms with Crippen LogP contribution in [0.1, 0.15) is 233 Å². The van der Waals surface area contributed by atoms with Gasteiger partial charge in [0.05, 0.1) is 39.6 Å². The highest BCUT2D eigenvalue weighted by atomic mass is 16.5. The van der Waals surface area contributed by atoms with Gasteiger partial charge < -0.3 is 28.7 Å². The zero-order valence-electron chi connectivity index (χ0n) is 41.2. The predicted molar refractivity (Wildman–Crippen MR) is 256 cm³/mol. The molecule has 0 amide bonds. The van der Waals surface area contributed by atoms with Gasteiger partial charge in [-0.25, -0.2) is 0 Å². The molecule has 8 nitrogen and oxygen atoms in total. The van der Waals surface area contributed by atoms with Crippen LogP contribution in [0.2, 0.25) is 0 Å². The van der Waals surface area contributed by atoms with Crippen LogP contribution >= 0.6 is 0 Å². The minimum absolute atomic E-state index is 0.0335. The highest BCUT2D eigenvalue weighted by Crippen LogP contribution is 2.24. The number of esters is 2. The normalized spacial score (nSPS) is 11.8. The van der Waals surface area contributed by atoms with E-state index in [0.717, 1.165) is 96.0 Å². The Labute approximate surface area is 374 Å². The Morgan fingerprint density at radius 3 is 1.08 bits per heavy atom. The summed E-state index contributed by atoms with van der Waals surface area (Å²) in [6.07, 6.45) is 38.0. The number of ether oxygens (including phenoxy) is 4. The summed E-state index contributed by atoms with van der Waals surface area (Å²) in [5.74, 6) is 1.51. The fourth-order valence-corrected chi connectivity index (χ4v) is 8.23. The van der Waals surface area contributed by atoms with E-state index in [1.165, 1.54) is 141 Å². The average molecular weight is 853 g/mol. The molecule has 60 heavy (non-hydrogen) atoms. The van der Waals surface area contributed by atoms with Crippen LogP contribution in [0.15, 0.2) is 0 Å². The first-order valence-electron chi connectivity index (χ1n) is 26.2. The van der Waals surface area contributed by atoms with Crippen LogP contribution in [0, 0.1) is 11.8 Å². The van der Waals surface area contributed by atoms with E-state index in [9.17, 15) is 9.59 Å². The van der Waals surface area contributed by atoms with E-state index in [2.05, 4.69) is 51.6 Å². The Kier molecular flexibility index (Phi) is 46.3. The lowest BCUT2D eigenvalue weighted by atomic mass is 9.91. The van der Waals surface area contributed by atoms with E-state index in [4.69, 9.17) is 18.9 Å². The predicted octanol–water partition coefficient (Wildman–Crippen LogP) is 13.8. The molecule has 0 N–H and O–H groups in total. The summed E-state index contributed by atoms with van der Waals surface area (Å²) in [7, 11) is 4.11. The Hall–Kier alpha value is -1.22. The summed E-state index contributed by atoms with van der Waals surface area (Å²) in [6, 6.07) is 0. The minimum atomic E-state index is -0.0335. The molecule has 0 saturated carbocycles. The molecule has 0 aromatic heterocycles. The molecule has 358 valence electrons. The average Bonchev–Trinajstić information content (AvgIpc) is 3.23. The maximum Gasteiger partial charge on any atom is 0.305 e. The standard InChI is InChI=1S/C52H104N2O6/c1-7-11-15-21-31-49(32-22-16-12-8-2)35-29-43-59-51(55)37-25-19-27-39-54(42-46-58-48-47-57-45-41-53(5)6)40-28-20-26-38-52(56)60-44-30-36-50(33-23-17-13-9-3)34-24-18-14-10-4/h49-50H,7-48H2,1-6H3. The first-order chi connectivity index (χ1) is 29.4. The Bertz CT molecular complexity index is 807. The van der Waals surface area contributed by atoms with Crippen molar-refractivity contribution in [2.24, 2.45) is 11.8 Å². The highest BCUT2D eigenvalue weighted by Gasteiger charge is 2.12. The second kappa shape index (κ2) is 47.3. The van der Waals surface area contributed by atoms with Gasteiger partial charge in [0.25, 0.3) is 0 Å². The van der Waals surface area contributed by atoms with Crippen molar-refractivity contribution in [3.05, 3.63) is 0 Å². The molecule has 0 fully saturated rings. The van der Waals surface area contributed by atoms with E-state index in [0.29, 0.717) is 45.9 Å².